The average Bonchev–Trinajstić information content (AvgIpc) is 2.60. The second-order valence-electron chi connectivity index (χ2n) is 6.01. The number of hydrogen-bond donors (Lipinski definition) is 1. The molecule has 1 aromatic carbocycles. The Morgan fingerprint density at radius 3 is 2.40 bits per heavy atom. The Balaban J connectivity index is 1.86. The minimum Gasteiger partial charge on any atom is -0.465 e. The molecule has 0 saturated heterocycles. The van der Waals surface area contributed by atoms with Gasteiger partial charge < -0.3 is 9.53 Å². The third-order valence-corrected chi connectivity index (χ3v) is 5.27. The van der Waals surface area contributed by atoms with Crippen molar-refractivity contribution in [3.63, 3.8) is 0 Å². The lowest BCUT2D eigenvalue weighted by atomic mass is 9.74. The summed E-state index contributed by atoms with van der Waals surface area (Å²) < 4.78 is 45.8. The normalized spacial score (nSPS) is 23.9. The van der Waals surface area contributed by atoms with Gasteiger partial charge >= 0.3 is 12.1 Å². The molecule has 1 fully saturated rings. The molecule has 2 rings (SSSR count). The highest BCUT2D eigenvalue weighted by atomic mass is 32.2. The van der Waals surface area contributed by atoms with Gasteiger partial charge in [-0.25, -0.2) is 0 Å². The smallest absolute Gasteiger partial charge is 0.416 e. The van der Waals surface area contributed by atoms with Gasteiger partial charge in [0.05, 0.1) is 12.2 Å². The van der Waals surface area contributed by atoms with Crippen molar-refractivity contribution in [1.82, 2.24) is 4.72 Å². The van der Waals surface area contributed by atoms with E-state index >= 15 is 0 Å². The Morgan fingerprint density at radius 1 is 1.32 bits per heavy atom. The SMILES string of the molecule is CCOC(=O)C1(C=O)CCC(NSc2ccc(C(F)(F)F)cc2)CC1. The molecule has 0 bridgehead atoms. The average molecular weight is 375 g/mol. The van der Waals surface area contributed by atoms with Gasteiger partial charge in [0.25, 0.3) is 0 Å². The lowest BCUT2D eigenvalue weighted by Gasteiger charge is -2.34. The first-order valence-corrected chi connectivity index (χ1v) is 8.85. The van der Waals surface area contributed by atoms with Crippen LogP contribution in [0.15, 0.2) is 29.2 Å². The van der Waals surface area contributed by atoms with Gasteiger partial charge in [0.1, 0.15) is 11.7 Å². The summed E-state index contributed by atoms with van der Waals surface area (Å²) in [5.74, 6) is -0.473. The van der Waals surface area contributed by atoms with Crippen LogP contribution in [0, 0.1) is 5.41 Å². The van der Waals surface area contributed by atoms with Crippen molar-refractivity contribution >= 4 is 24.2 Å². The zero-order valence-corrected chi connectivity index (χ0v) is 14.6. The lowest BCUT2D eigenvalue weighted by molar-refractivity contribution is -0.159. The minimum atomic E-state index is -4.34. The van der Waals surface area contributed by atoms with Crippen LogP contribution in [-0.2, 0) is 20.5 Å². The summed E-state index contributed by atoms with van der Waals surface area (Å²) in [5.41, 5.74) is -1.74. The summed E-state index contributed by atoms with van der Waals surface area (Å²) in [4.78, 5) is 24.0. The molecular weight excluding hydrogens is 355 g/mol. The van der Waals surface area contributed by atoms with E-state index in [1.165, 1.54) is 24.1 Å². The molecule has 138 valence electrons. The first-order chi connectivity index (χ1) is 11.8. The minimum absolute atomic E-state index is 0.0785. The van der Waals surface area contributed by atoms with Crippen LogP contribution in [0.5, 0.6) is 0 Å². The summed E-state index contributed by atoms with van der Waals surface area (Å²) in [6.07, 6.45) is -1.62. The molecule has 1 aliphatic carbocycles. The molecule has 0 aliphatic heterocycles. The number of carbonyl (C=O) groups is 2. The summed E-state index contributed by atoms with van der Waals surface area (Å²) in [6.45, 7) is 1.93. The predicted octanol–water partition coefficient (Wildman–Crippen LogP) is 3.99. The molecule has 0 spiro atoms. The third-order valence-electron chi connectivity index (χ3n) is 4.31. The molecule has 1 aliphatic rings. The quantitative estimate of drug-likeness (QED) is 0.353. The lowest BCUT2D eigenvalue weighted by Crippen LogP contribution is -2.42. The molecule has 0 radical (unpaired) electrons. The van der Waals surface area contributed by atoms with E-state index in [-0.39, 0.29) is 12.6 Å². The highest BCUT2D eigenvalue weighted by Gasteiger charge is 2.43. The van der Waals surface area contributed by atoms with Crippen LogP contribution in [0.4, 0.5) is 13.2 Å². The maximum absolute atomic E-state index is 12.5. The molecule has 1 aromatic rings. The number of hydrogen-bond acceptors (Lipinski definition) is 5. The van der Waals surface area contributed by atoms with Gasteiger partial charge in [-0.05, 0) is 68.8 Å². The van der Waals surface area contributed by atoms with Crippen molar-refractivity contribution in [1.29, 1.82) is 0 Å². The fraction of sp³-hybridized carbons (Fsp3) is 0.529. The van der Waals surface area contributed by atoms with E-state index in [1.807, 2.05) is 0 Å². The predicted molar refractivity (Wildman–Crippen MR) is 87.8 cm³/mol. The van der Waals surface area contributed by atoms with Crippen molar-refractivity contribution in [3.05, 3.63) is 29.8 Å². The standard InChI is InChI=1S/C17H20F3NO3S/c1-2-24-15(23)16(11-22)9-7-13(8-10-16)21-25-14-5-3-12(4-6-14)17(18,19)20/h3-6,11,13,21H,2,7-10H2,1H3. The van der Waals surface area contributed by atoms with Crippen molar-refractivity contribution in [3.8, 4) is 0 Å². The fourth-order valence-corrected chi connectivity index (χ4v) is 3.57. The zero-order valence-electron chi connectivity index (χ0n) is 13.8. The number of ether oxygens (including phenoxy) is 1. The topological polar surface area (TPSA) is 55.4 Å². The maximum atomic E-state index is 12.5. The molecule has 1 N–H and O–H groups in total. The van der Waals surface area contributed by atoms with Gasteiger partial charge in [0, 0.05) is 10.9 Å². The number of aldehydes is 1. The monoisotopic (exact) mass is 375 g/mol. The Labute approximate surface area is 148 Å². The van der Waals surface area contributed by atoms with E-state index in [1.54, 1.807) is 6.92 Å². The highest BCUT2D eigenvalue weighted by molar-refractivity contribution is 7.97. The highest BCUT2D eigenvalue weighted by Crippen LogP contribution is 2.37. The van der Waals surface area contributed by atoms with E-state index < -0.39 is 23.1 Å². The Hall–Kier alpha value is -1.54. The van der Waals surface area contributed by atoms with Gasteiger partial charge in [0.15, 0.2) is 0 Å². The van der Waals surface area contributed by atoms with Crippen LogP contribution in [0.1, 0.15) is 38.2 Å². The van der Waals surface area contributed by atoms with E-state index in [4.69, 9.17) is 4.74 Å². The summed E-state index contributed by atoms with van der Waals surface area (Å²) >= 11 is 1.25. The van der Waals surface area contributed by atoms with Crippen LogP contribution in [0.25, 0.3) is 0 Å². The number of nitrogens with one attached hydrogen (secondary N) is 1. The number of carbonyl (C=O) groups excluding carboxylic acids is 2. The number of rotatable bonds is 6. The van der Waals surface area contributed by atoms with E-state index in [9.17, 15) is 22.8 Å². The Kier molecular flexibility index (Phi) is 6.51. The number of benzene rings is 1. The first-order valence-electron chi connectivity index (χ1n) is 8.04. The van der Waals surface area contributed by atoms with Gasteiger partial charge in [-0.3, -0.25) is 9.52 Å². The van der Waals surface area contributed by atoms with E-state index in [0.717, 1.165) is 12.1 Å². The molecule has 1 saturated carbocycles. The van der Waals surface area contributed by atoms with Crippen LogP contribution < -0.4 is 4.72 Å². The second kappa shape index (κ2) is 8.23. The van der Waals surface area contributed by atoms with Gasteiger partial charge in [-0.1, -0.05) is 0 Å². The number of esters is 1. The maximum Gasteiger partial charge on any atom is 0.416 e. The van der Waals surface area contributed by atoms with Crippen molar-refractivity contribution in [2.24, 2.45) is 5.41 Å². The molecule has 8 heteroatoms. The van der Waals surface area contributed by atoms with E-state index in [0.29, 0.717) is 36.9 Å². The summed E-state index contributed by atoms with van der Waals surface area (Å²) in [5, 5.41) is 0. The molecule has 0 heterocycles. The first kappa shape index (κ1) is 19.8. The van der Waals surface area contributed by atoms with E-state index in [2.05, 4.69) is 4.72 Å². The Bertz CT molecular complexity index is 596. The van der Waals surface area contributed by atoms with Crippen LogP contribution in [0.3, 0.4) is 0 Å². The van der Waals surface area contributed by atoms with Crippen molar-refractivity contribution in [2.75, 3.05) is 6.61 Å². The van der Waals surface area contributed by atoms with Crippen LogP contribution in [0.2, 0.25) is 0 Å². The number of halogens is 3. The largest absolute Gasteiger partial charge is 0.465 e. The van der Waals surface area contributed by atoms with Crippen molar-refractivity contribution < 1.29 is 27.5 Å². The van der Waals surface area contributed by atoms with Gasteiger partial charge in [-0.15, -0.1) is 0 Å². The number of alkyl halides is 3. The van der Waals surface area contributed by atoms with Gasteiger partial charge in [-0.2, -0.15) is 13.2 Å². The molecule has 0 unspecified atom stereocenters. The molecular formula is C17H20F3NO3S. The Morgan fingerprint density at radius 2 is 1.92 bits per heavy atom. The van der Waals surface area contributed by atoms with Crippen LogP contribution in [-0.4, -0.2) is 24.9 Å². The summed E-state index contributed by atoms with van der Waals surface area (Å²) in [6, 6.07) is 5.00. The van der Waals surface area contributed by atoms with Crippen LogP contribution >= 0.6 is 11.9 Å². The molecule has 4 nitrogen and oxygen atoms in total. The fourth-order valence-electron chi connectivity index (χ4n) is 2.76. The van der Waals surface area contributed by atoms with Crippen molar-refractivity contribution in [2.45, 2.75) is 49.7 Å². The molecule has 25 heavy (non-hydrogen) atoms. The molecule has 0 aromatic heterocycles. The van der Waals surface area contributed by atoms with Gasteiger partial charge in [0.2, 0.25) is 0 Å². The second-order valence-corrected chi connectivity index (χ2v) is 6.92. The molecule has 0 atom stereocenters. The zero-order chi connectivity index (χ0) is 18.5. The summed E-state index contributed by atoms with van der Waals surface area (Å²) in [7, 11) is 0. The molecule has 0 amide bonds. The third kappa shape index (κ3) is 4.98.